The molecule has 1 aliphatic rings. The lowest BCUT2D eigenvalue weighted by Crippen LogP contribution is -2.15. The highest BCUT2D eigenvalue weighted by molar-refractivity contribution is 5.30. The first-order chi connectivity index (χ1) is 8.58. The van der Waals surface area contributed by atoms with E-state index in [4.69, 9.17) is 9.72 Å². The Morgan fingerprint density at radius 3 is 2.78 bits per heavy atom. The van der Waals surface area contributed by atoms with Gasteiger partial charge in [-0.05, 0) is 37.6 Å². The van der Waals surface area contributed by atoms with E-state index in [1.165, 1.54) is 16.8 Å². The molecule has 2 heterocycles. The molecule has 0 N–H and O–H groups in total. The Balaban J connectivity index is 2.31. The molecule has 1 aromatic rings. The van der Waals surface area contributed by atoms with Gasteiger partial charge in [0.25, 0.3) is 0 Å². The number of rotatable bonds is 4. The minimum Gasteiger partial charge on any atom is -0.381 e. The summed E-state index contributed by atoms with van der Waals surface area (Å²) in [6, 6.07) is 2.32. The van der Waals surface area contributed by atoms with Crippen molar-refractivity contribution in [1.29, 1.82) is 0 Å². The molecule has 0 amide bonds. The Hall–Kier alpha value is -0.930. The van der Waals surface area contributed by atoms with Crippen LogP contribution in [0, 0.1) is 0 Å². The standard InChI is InChI=1S/C15H24N2O/c1-11(2)13-7-14(9-17(3)4)15(16-8-13)12-5-6-18-10-12/h7-8,11-12H,5-6,9-10H2,1-4H3. The average Bonchev–Trinajstić information content (AvgIpc) is 2.81. The summed E-state index contributed by atoms with van der Waals surface area (Å²) in [5, 5.41) is 0. The smallest absolute Gasteiger partial charge is 0.0550 e. The van der Waals surface area contributed by atoms with E-state index in [1.807, 2.05) is 6.20 Å². The van der Waals surface area contributed by atoms with Crippen molar-refractivity contribution < 1.29 is 4.74 Å². The van der Waals surface area contributed by atoms with Crippen molar-refractivity contribution in [2.24, 2.45) is 0 Å². The topological polar surface area (TPSA) is 25.4 Å². The van der Waals surface area contributed by atoms with Gasteiger partial charge in [-0.1, -0.05) is 19.9 Å². The quantitative estimate of drug-likeness (QED) is 0.819. The van der Waals surface area contributed by atoms with Crippen LogP contribution < -0.4 is 0 Å². The Kier molecular flexibility index (Phi) is 4.36. The minimum atomic E-state index is 0.487. The predicted molar refractivity (Wildman–Crippen MR) is 73.9 cm³/mol. The molecular formula is C15H24N2O. The fraction of sp³-hybridized carbons (Fsp3) is 0.667. The first-order valence-corrected chi connectivity index (χ1v) is 6.79. The van der Waals surface area contributed by atoms with Crippen molar-refractivity contribution in [2.75, 3.05) is 27.3 Å². The average molecular weight is 248 g/mol. The second-order valence-corrected chi connectivity index (χ2v) is 5.77. The normalized spacial score (nSPS) is 20.0. The van der Waals surface area contributed by atoms with Gasteiger partial charge >= 0.3 is 0 Å². The molecule has 100 valence electrons. The van der Waals surface area contributed by atoms with Gasteiger partial charge in [-0.15, -0.1) is 0 Å². The molecule has 0 bridgehead atoms. The fourth-order valence-corrected chi connectivity index (χ4v) is 2.44. The molecule has 0 saturated carbocycles. The summed E-state index contributed by atoms with van der Waals surface area (Å²) in [5.41, 5.74) is 3.93. The van der Waals surface area contributed by atoms with Gasteiger partial charge in [0.1, 0.15) is 0 Å². The summed E-state index contributed by atoms with van der Waals surface area (Å²) in [6.45, 7) is 7.09. The molecule has 1 saturated heterocycles. The molecule has 1 fully saturated rings. The molecule has 0 aliphatic carbocycles. The summed E-state index contributed by atoms with van der Waals surface area (Å²) >= 11 is 0. The molecule has 2 rings (SSSR count). The van der Waals surface area contributed by atoms with E-state index in [0.29, 0.717) is 11.8 Å². The van der Waals surface area contributed by atoms with E-state index in [9.17, 15) is 0 Å². The van der Waals surface area contributed by atoms with Crippen molar-refractivity contribution in [3.63, 3.8) is 0 Å². The van der Waals surface area contributed by atoms with Gasteiger partial charge in [-0.25, -0.2) is 0 Å². The van der Waals surface area contributed by atoms with Gasteiger partial charge in [0.15, 0.2) is 0 Å². The van der Waals surface area contributed by atoms with Crippen molar-refractivity contribution >= 4 is 0 Å². The summed E-state index contributed by atoms with van der Waals surface area (Å²) in [4.78, 5) is 6.94. The Labute approximate surface area is 110 Å². The second-order valence-electron chi connectivity index (χ2n) is 5.77. The number of aromatic nitrogens is 1. The summed E-state index contributed by atoms with van der Waals surface area (Å²) in [5.74, 6) is 1.02. The molecule has 1 aliphatic heterocycles. The lowest BCUT2D eigenvalue weighted by Gasteiger charge is -2.18. The Morgan fingerprint density at radius 1 is 1.44 bits per heavy atom. The maximum atomic E-state index is 5.50. The second kappa shape index (κ2) is 5.81. The maximum absolute atomic E-state index is 5.50. The van der Waals surface area contributed by atoms with Crippen molar-refractivity contribution in [2.45, 2.75) is 38.6 Å². The van der Waals surface area contributed by atoms with Crippen molar-refractivity contribution in [1.82, 2.24) is 9.88 Å². The fourth-order valence-electron chi connectivity index (χ4n) is 2.44. The van der Waals surface area contributed by atoms with Gasteiger partial charge in [0, 0.05) is 25.3 Å². The van der Waals surface area contributed by atoms with E-state index in [-0.39, 0.29) is 0 Å². The van der Waals surface area contributed by atoms with E-state index in [1.54, 1.807) is 0 Å². The van der Waals surface area contributed by atoms with Crippen LogP contribution in [-0.2, 0) is 11.3 Å². The van der Waals surface area contributed by atoms with E-state index in [2.05, 4.69) is 38.9 Å². The first kappa shape index (κ1) is 13.5. The van der Waals surface area contributed by atoms with Crippen LogP contribution in [0.25, 0.3) is 0 Å². The molecule has 3 heteroatoms. The third-order valence-electron chi connectivity index (χ3n) is 3.49. The van der Waals surface area contributed by atoms with Gasteiger partial charge in [-0.2, -0.15) is 0 Å². The van der Waals surface area contributed by atoms with E-state index in [0.717, 1.165) is 26.2 Å². The maximum Gasteiger partial charge on any atom is 0.0550 e. The Morgan fingerprint density at radius 2 is 2.22 bits per heavy atom. The molecule has 1 aromatic heterocycles. The highest BCUT2D eigenvalue weighted by atomic mass is 16.5. The minimum absolute atomic E-state index is 0.487. The number of hydrogen-bond donors (Lipinski definition) is 0. The third-order valence-corrected chi connectivity index (χ3v) is 3.49. The van der Waals surface area contributed by atoms with Crippen LogP contribution in [0.1, 0.15) is 48.9 Å². The number of nitrogens with zero attached hydrogens (tertiary/aromatic N) is 2. The summed E-state index contributed by atoms with van der Waals surface area (Å²) in [7, 11) is 4.22. The highest BCUT2D eigenvalue weighted by Crippen LogP contribution is 2.28. The molecular weight excluding hydrogens is 224 g/mol. The van der Waals surface area contributed by atoms with Gasteiger partial charge in [0.2, 0.25) is 0 Å². The van der Waals surface area contributed by atoms with Crippen LogP contribution in [0.4, 0.5) is 0 Å². The molecule has 18 heavy (non-hydrogen) atoms. The van der Waals surface area contributed by atoms with Crippen LogP contribution in [0.3, 0.4) is 0 Å². The van der Waals surface area contributed by atoms with Gasteiger partial charge in [-0.3, -0.25) is 4.98 Å². The lowest BCUT2D eigenvalue weighted by molar-refractivity contribution is 0.193. The lowest BCUT2D eigenvalue weighted by atomic mass is 9.95. The van der Waals surface area contributed by atoms with Crippen LogP contribution in [0.5, 0.6) is 0 Å². The highest BCUT2D eigenvalue weighted by Gasteiger charge is 2.22. The van der Waals surface area contributed by atoms with E-state index >= 15 is 0 Å². The molecule has 1 atom stereocenters. The molecule has 0 radical (unpaired) electrons. The van der Waals surface area contributed by atoms with Gasteiger partial charge in [0.05, 0.1) is 12.3 Å². The molecule has 0 spiro atoms. The summed E-state index contributed by atoms with van der Waals surface area (Å²) in [6.07, 6.45) is 3.14. The number of ether oxygens (including phenoxy) is 1. The van der Waals surface area contributed by atoms with Crippen LogP contribution in [0.2, 0.25) is 0 Å². The predicted octanol–water partition coefficient (Wildman–Crippen LogP) is 2.77. The van der Waals surface area contributed by atoms with Crippen LogP contribution >= 0.6 is 0 Å². The molecule has 3 nitrogen and oxygen atoms in total. The molecule has 0 aromatic carbocycles. The van der Waals surface area contributed by atoms with Crippen LogP contribution in [0.15, 0.2) is 12.3 Å². The largest absolute Gasteiger partial charge is 0.381 e. The van der Waals surface area contributed by atoms with Crippen LogP contribution in [-0.4, -0.2) is 37.2 Å². The van der Waals surface area contributed by atoms with E-state index < -0.39 is 0 Å². The third kappa shape index (κ3) is 3.09. The zero-order valence-corrected chi connectivity index (χ0v) is 11.9. The zero-order valence-electron chi connectivity index (χ0n) is 11.9. The number of pyridine rings is 1. The summed E-state index contributed by atoms with van der Waals surface area (Å²) < 4.78 is 5.50. The van der Waals surface area contributed by atoms with Gasteiger partial charge < -0.3 is 9.64 Å². The van der Waals surface area contributed by atoms with Crippen molar-refractivity contribution in [3.8, 4) is 0 Å². The zero-order chi connectivity index (χ0) is 13.1. The Bertz CT molecular complexity index is 395. The van der Waals surface area contributed by atoms with Crippen molar-refractivity contribution in [3.05, 3.63) is 29.1 Å². The molecule has 1 unspecified atom stereocenters. The number of hydrogen-bond acceptors (Lipinski definition) is 3. The SMILES string of the molecule is CC(C)c1cnc(C2CCOC2)c(CN(C)C)c1. The monoisotopic (exact) mass is 248 g/mol. The first-order valence-electron chi connectivity index (χ1n) is 6.79.